The maximum atomic E-state index is 12.3. The number of carbonyl (C=O) groups is 1. The van der Waals surface area contributed by atoms with E-state index in [9.17, 15) is 10.1 Å². The zero-order chi connectivity index (χ0) is 14.8. The van der Waals surface area contributed by atoms with E-state index in [2.05, 4.69) is 38.1 Å². The van der Waals surface area contributed by atoms with Gasteiger partial charge in [-0.1, -0.05) is 23.8 Å². The lowest BCUT2D eigenvalue weighted by atomic mass is 9.76. The molecule has 1 saturated carbocycles. The molecular weight excluding hydrogens is 248 g/mol. The molecular formula is C17H22N2O. The number of rotatable bonds is 4. The molecule has 0 bridgehead atoms. The molecule has 0 spiro atoms. The Kier molecular flexibility index (Phi) is 4.13. The number of benzene rings is 1. The maximum Gasteiger partial charge on any atom is 0.223 e. The molecule has 3 heteroatoms. The molecule has 1 aromatic rings. The Labute approximate surface area is 121 Å². The van der Waals surface area contributed by atoms with Crippen molar-refractivity contribution in [1.29, 1.82) is 5.26 Å². The second-order valence-electron chi connectivity index (χ2n) is 5.88. The summed E-state index contributed by atoms with van der Waals surface area (Å²) in [5.74, 6) is 0.0752. The third-order valence-corrected chi connectivity index (χ3v) is 4.51. The van der Waals surface area contributed by atoms with Gasteiger partial charge in [0.1, 0.15) is 5.54 Å². The van der Waals surface area contributed by atoms with Crippen molar-refractivity contribution in [1.82, 2.24) is 4.90 Å². The fourth-order valence-corrected chi connectivity index (χ4v) is 2.81. The molecule has 1 aliphatic rings. The highest BCUT2D eigenvalue weighted by atomic mass is 16.2. The van der Waals surface area contributed by atoms with Crippen LogP contribution in [0.25, 0.3) is 0 Å². The van der Waals surface area contributed by atoms with E-state index in [1.165, 1.54) is 16.7 Å². The van der Waals surface area contributed by atoms with Crippen molar-refractivity contribution < 1.29 is 4.79 Å². The van der Waals surface area contributed by atoms with E-state index in [-0.39, 0.29) is 5.91 Å². The molecule has 1 aromatic carbocycles. The van der Waals surface area contributed by atoms with Crippen molar-refractivity contribution in [3.63, 3.8) is 0 Å². The van der Waals surface area contributed by atoms with Crippen molar-refractivity contribution in [2.24, 2.45) is 0 Å². The van der Waals surface area contributed by atoms with E-state index >= 15 is 0 Å². The van der Waals surface area contributed by atoms with Gasteiger partial charge in [-0.3, -0.25) is 4.79 Å². The first-order valence-electron chi connectivity index (χ1n) is 7.22. The minimum atomic E-state index is -0.528. The monoisotopic (exact) mass is 270 g/mol. The predicted octanol–water partition coefficient (Wildman–Crippen LogP) is 3.14. The van der Waals surface area contributed by atoms with Gasteiger partial charge < -0.3 is 4.90 Å². The molecule has 0 atom stereocenters. The van der Waals surface area contributed by atoms with Gasteiger partial charge in [0.05, 0.1) is 6.07 Å². The molecule has 0 N–H and O–H groups in total. The molecule has 3 nitrogen and oxygen atoms in total. The summed E-state index contributed by atoms with van der Waals surface area (Å²) < 4.78 is 0. The van der Waals surface area contributed by atoms with Gasteiger partial charge in [-0.2, -0.15) is 5.26 Å². The lowest BCUT2D eigenvalue weighted by Crippen LogP contribution is -2.53. The Morgan fingerprint density at radius 2 is 2.10 bits per heavy atom. The van der Waals surface area contributed by atoms with Crippen LogP contribution in [0.2, 0.25) is 0 Å². The molecule has 0 aliphatic heterocycles. The van der Waals surface area contributed by atoms with Gasteiger partial charge in [-0.25, -0.2) is 0 Å². The minimum absolute atomic E-state index is 0.0752. The highest BCUT2D eigenvalue weighted by Crippen LogP contribution is 2.36. The summed E-state index contributed by atoms with van der Waals surface area (Å²) in [4.78, 5) is 13.9. The SMILES string of the molecule is Cc1ccc(CCC(=O)N(C)C2(C#N)CCC2)c(C)c1. The Hall–Kier alpha value is -1.82. The smallest absolute Gasteiger partial charge is 0.223 e. The van der Waals surface area contributed by atoms with Gasteiger partial charge in [0.2, 0.25) is 5.91 Å². The van der Waals surface area contributed by atoms with Crippen molar-refractivity contribution in [3.05, 3.63) is 34.9 Å². The van der Waals surface area contributed by atoms with Gasteiger partial charge in [-0.05, 0) is 50.7 Å². The fraction of sp³-hybridized carbons (Fsp3) is 0.529. The number of amides is 1. The van der Waals surface area contributed by atoms with Crippen LogP contribution in [0.15, 0.2) is 18.2 Å². The van der Waals surface area contributed by atoms with Crippen molar-refractivity contribution in [2.75, 3.05) is 7.05 Å². The minimum Gasteiger partial charge on any atom is -0.327 e. The maximum absolute atomic E-state index is 12.3. The van der Waals surface area contributed by atoms with Crippen LogP contribution in [0.3, 0.4) is 0 Å². The fourth-order valence-electron chi connectivity index (χ4n) is 2.81. The van der Waals surface area contributed by atoms with Crippen molar-refractivity contribution in [2.45, 2.75) is 51.5 Å². The summed E-state index contributed by atoms with van der Waals surface area (Å²) in [6, 6.07) is 8.64. The first-order valence-corrected chi connectivity index (χ1v) is 7.22. The molecule has 2 rings (SSSR count). The third-order valence-electron chi connectivity index (χ3n) is 4.51. The van der Waals surface area contributed by atoms with Gasteiger partial charge >= 0.3 is 0 Å². The zero-order valence-electron chi connectivity index (χ0n) is 12.6. The average Bonchev–Trinajstić information content (AvgIpc) is 2.36. The third kappa shape index (κ3) is 2.70. The zero-order valence-corrected chi connectivity index (χ0v) is 12.6. The molecule has 1 aliphatic carbocycles. The number of hydrogen-bond acceptors (Lipinski definition) is 2. The number of carbonyl (C=O) groups excluding carboxylic acids is 1. The van der Waals surface area contributed by atoms with Crippen LogP contribution in [-0.2, 0) is 11.2 Å². The molecule has 1 fully saturated rings. The lowest BCUT2D eigenvalue weighted by molar-refractivity contribution is -0.136. The molecule has 0 heterocycles. The Balaban J connectivity index is 1.97. The van der Waals surface area contributed by atoms with E-state index in [1.54, 1.807) is 11.9 Å². The summed E-state index contributed by atoms with van der Waals surface area (Å²) in [6.07, 6.45) is 3.90. The quantitative estimate of drug-likeness (QED) is 0.843. The summed E-state index contributed by atoms with van der Waals surface area (Å²) in [6.45, 7) is 4.15. The van der Waals surface area contributed by atoms with Crippen LogP contribution in [0.4, 0.5) is 0 Å². The van der Waals surface area contributed by atoms with Gasteiger partial charge in [0.15, 0.2) is 0 Å². The highest BCUT2D eigenvalue weighted by molar-refractivity contribution is 5.77. The molecule has 1 amide bonds. The number of aryl methyl sites for hydroxylation is 3. The topological polar surface area (TPSA) is 44.1 Å². The largest absolute Gasteiger partial charge is 0.327 e. The van der Waals surface area contributed by atoms with Gasteiger partial charge in [0, 0.05) is 13.5 Å². The molecule has 20 heavy (non-hydrogen) atoms. The van der Waals surface area contributed by atoms with Crippen molar-refractivity contribution >= 4 is 5.91 Å². The Morgan fingerprint density at radius 1 is 1.40 bits per heavy atom. The van der Waals surface area contributed by atoms with Gasteiger partial charge in [-0.15, -0.1) is 0 Å². The van der Waals surface area contributed by atoms with E-state index in [0.717, 1.165) is 25.7 Å². The second kappa shape index (κ2) is 5.66. The summed E-state index contributed by atoms with van der Waals surface area (Å²) in [5, 5.41) is 9.27. The first-order chi connectivity index (χ1) is 9.48. The van der Waals surface area contributed by atoms with Crippen LogP contribution in [0, 0.1) is 25.2 Å². The first kappa shape index (κ1) is 14.6. The van der Waals surface area contributed by atoms with Gasteiger partial charge in [0.25, 0.3) is 0 Å². The summed E-state index contributed by atoms with van der Waals surface area (Å²) in [7, 11) is 1.77. The lowest BCUT2D eigenvalue weighted by Gasteiger charge is -2.43. The van der Waals surface area contributed by atoms with E-state index < -0.39 is 5.54 Å². The van der Waals surface area contributed by atoms with E-state index in [0.29, 0.717) is 6.42 Å². The van der Waals surface area contributed by atoms with Crippen LogP contribution in [0.5, 0.6) is 0 Å². The molecule has 0 radical (unpaired) electrons. The van der Waals surface area contributed by atoms with Crippen LogP contribution in [-0.4, -0.2) is 23.4 Å². The normalized spacial score (nSPS) is 16.1. The molecule has 0 saturated heterocycles. The van der Waals surface area contributed by atoms with Crippen LogP contribution in [0.1, 0.15) is 42.4 Å². The van der Waals surface area contributed by atoms with Crippen LogP contribution >= 0.6 is 0 Å². The van der Waals surface area contributed by atoms with Crippen molar-refractivity contribution in [3.8, 4) is 6.07 Å². The summed E-state index contributed by atoms with van der Waals surface area (Å²) >= 11 is 0. The number of nitrogens with zero attached hydrogens (tertiary/aromatic N) is 2. The van der Waals surface area contributed by atoms with E-state index in [1.807, 2.05) is 0 Å². The second-order valence-corrected chi connectivity index (χ2v) is 5.88. The Bertz CT molecular complexity index is 553. The molecule has 106 valence electrons. The molecule has 0 aromatic heterocycles. The summed E-state index contributed by atoms with van der Waals surface area (Å²) in [5.41, 5.74) is 3.17. The number of nitriles is 1. The van der Waals surface area contributed by atoms with Crippen LogP contribution < -0.4 is 0 Å². The number of hydrogen-bond donors (Lipinski definition) is 0. The predicted molar refractivity (Wildman–Crippen MR) is 79.2 cm³/mol. The highest BCUT2D eigenvalue weighted by Gasteiger charge is 2.43. The average molecular weight is 270 g/mol. The molecule has 0 unspecified atom stereocenters. The standard InChI is InChI=1S/C17H22N2O/c1-13-5-6-15(14(2)11-13)7-8-16(20)19(3)17(12-18)9-4-10-17/h5-6,11H,4,7-10H2,1-3H3. The Morgan fingerprint density at radius 3 is 2.60 bits per heavy atom. The van der Waals surface area contributed by atoms with E-state index in [4.69, 9.17) is 0 Å².